The highest BCUT2D eigenvalue weighted by atomic mass is 16.6. The number of piperidine rings is 1. The largest absolute Gasteiger partial charge is 0.504 e. The molecule has 8 heteroatoms. The molecule has 0 amide bonds. The molecule has 2 heterocycles. The van der Waals surface area contributed by atoms with E-state index in [9.17, 15) is 19.8 Å². The van der Waals surface area contributed by atoms with E-state index in [1.165, 1.54) is 44.9 Å². The number of ether oxygens (including phenoxy) is 3. The fourth-order valence-corrected chi connectivity index (χ4v) is 9.02. The van der Waals surface area contributed by atoms with Gasteiger partial charge >= 0.3 is 11.9 Å². The summed E-state index contributed by atoms with van der Waals surface area (Å²) in [7, 11) is 2.03. The van der Waals surface area contributed by atoms with Crippen molar-refractivity contribution in [3.8, 4) is 11.5 Å². The third-order valence-electron chi connectivity index (χ3n) is 11.8. The maximum atomic E-state index is 13.9. The lowest BCUT2D eigenvalue weighted by molar-refractivity contribution is -0.176. The molecule has 4 aliphatic rings. The van der Waals surface area contributed by atoms with Crippen molar-refractivity contribution in [3.63, 3.8) is 0 Å². The zero-order valence-corrected chi connectivity index (χ0v) is 30.6. The fourth-order valence-electron chi connectivity index (χ4n) is 9.02. The number of aromatic hydroxyl groups is 1. The van der Waals surface area contributed by atoms with Crippen LogP contribution in [0.15, 0.2) is 66.5 Å². The van der Waals surface area contributed by atoms with Crippen LogP contribution < -0.4 is 4.74 Å². The summed E-state index contributed by atoms with van der Waals surface area (Å²) in [6.45, 7) is 2.98. The van der Waals surface area contributed by atoms with Gasteiger partial charge in [0, 0.05) is 30.0 Å². The van der Waals surface area contributed by atoms with Gasteiger partial charge in [-0.3, -0.25) is 4.79 Å². The smallest absolute Gasteiger partial charge is 0.357 e. The highest BCUT2D eigenvalue weighted by molar-refractivity contribution is 5.82. The molecule has 5 atom stereocenters. The van der Waals surface area contributed by atoms with Gasteiger partial charge in [-0.2, -0.15) is 0 Å². The van der Waals surface area contributed by atoms with Gasteiger partial charge in [0.2, 0.25) is 6.10 Å². The quantitative estimate of drug-likeness (QED) is 0.0854. The van der Waals surface area contributed by atoms with Gasteiger partial charge in [-0.1, -0.05) is 107 Å². The number of carbonyl (C=O) groups excluding carboxylic acids is 2. The Hall–Kier alpha value is -3.62. The SMILES string of the molecule is CCCCCCCC/C=C/CCCCCCCC(=O)O[C@H](C(=O)OC1=CC[C@@]2(O)[C@H]3Cc4ccc(O)c5c4C2(CCN3C)C1O5)c1ccccc1. The summed E-state index contributed by atoms with van der Waals surface area (Å²) < 4.78 is 18.4. The lowest BCUT2D eigenvalue weighted by Gasteiger charge is -2.61. The molecular formula is C43H57NO7. The predicted octanol–water partition coefficient (Wildman–Crippen LogP) is 8.54. The summed E-state index contributed by atoms with van der Waals surface area (Å²) in [5.74, 6) is -0.501. The van der Waals surface area contributed by atoms with Gasteiger partial charge in [-0.15, -0.1) is 0 Å². The second-order valence-electron chi connectivity index (χ2n) is 15.1. The number of esters is 2. The normalized spacial score (nSPS) is 25.2. The number of rotatable bonds is 19. The van der Waals surface area contributed by atoms with Crippen molar-refractivity contribution >= 4 is 11.9 Å². The minimum absolute atomic E-state index is 0.00895. The maximum absolute atomic E-state index is 13.9. The third kappa shape index (κ3) is 7.64. The van der Waals surface area contributed by atoms with Crippen molar-refractivity contribution in [3.05, 3.63) is 83.1 Å². The third-order valence-corrected chi connectivity index (χ3v) is 11.8. The molecular weight excluding hydrogens is 642 g/mol. The van der Waals surface area contributed by atoms with Gasteiger partial charge < -0.3 is 29.3 Å². The number of aliphatic hydroxyl groups is 1. The molecule has 6 rings (SSSR count). The van der Waals surface area contributed by atoms with Crippen molar-refractivity contribution in [1.82, 2.24) is 4.90 Å². The molecule has 2 N–H and O–H groups in total. The van der Waals surface area contributed by atoms with E-state index in [1.54, 1.807) is 36.4 Å². The van der Waals surface area contributed by atoms with Crippen LogP contribution in [0.2, 0.25) is 0 Å². The van der Waals surface area contributed by atoms with E-state index in [2.05, 4.69) is 24.0 Å². The zero-order valence-electron chi connectivity index (χ0n) is 30.6. The van der Waals surface area contributed by atoms with Crippen LogP contribution in [0.25, 0.3) is 0 Å². The fraction of sp³-hybridized carbons (Fsp3) is 0.581. The molecule has 2 bridgehead atoms. The molecule has 2 aliphatic heterocycles. The van der Waals surface area contributed by atoms with Gasteiger partial charge in [-0.05, 0) is 76.2 Å². The van der Waals surface area contributed by atoms with Crippen LogP contribution >= 0.6 is 0 Å². The first-order valence-corrected chi connectivity index (χ1v) is 19.6. The number of nitrogens with zero attached hydrogens (tertiary/aromatic N) is 1. The topological polar surface area (TPSA) is 106 Å². The van der Waals surface area contributed by atoms with Crippen molar-refractivity contribution < 1.29 is 34.0 Å². The first-order chi connectivity index (χ1) is 24.8. The van der Waals surface area contributed by atoms with E-state index in [0.717, 1.165) is 49.8 Å². The summed E-state index contributed by atoms with van der Waals surface area (Å²) in [5.41, 5.74) is 0.345. The summed E-state index contributed by atoms with van der Waals surface area (Å²) in [4.78, 5) is 29.2. The van der Waals surface area contributed by atoms with Gasteiger partial charge in [0.1, 0.15) is 5.76 Å². The summed E-state index contributed by atoms with van der Waals surface area (Å²) >= 11 is 0. The average Bonchev–Trinajstić information content (AvgIpc) is 3.49. The van der Waals surface area contributed by atoms with Crippen LogP contribution in [-0.2, 0) is 30.9 Å². The molecule has 1 fully saturated rings. The molecule has 0 radical (unpaired) electrons. The van der Waals surface area contributed by atoms with Gasteiger partial charge in [0.25, 0.3) is 0 Å². The standard InChI is InChI=1S/C43H57NO7/c1-3-4-5-6-7-8-9-10-11-12-13-14-15-16-20-23-36(46)50-38(31-21-18-17-19-22-31)41(47)49-34-26-27-43(48)35-30-32-24-25-33(45)39-37(32)42(43,40(34)51-39)28-29-44(35)2/h10-11,17-19,21-22,24-26,35,38,40,45,48H,3-9,12-16,20,23,27-30H2,1-2H3/b11-10+/t35-,38+,40?,42?,43-/m1/s1. The number of likely N-dealkylation sites (tertiary alicyclic amines) is 1. The summed E-state index contributed by atoms with van der Waals surface area (Å²) in [6, 6.07) is 12.4. The average molecular weight is 700 g/mol. The van der Waals surface area contributed by atoms with Crippen LogP contribution in [0.5, 0.6) is 11.5 Å². The van der Waals surface area contributed by atoms with E-state index < -0.39 is 35.2 Å². The summed E-state index contributed by atoms with van der Waals surface area (Å²) in [5, 5.41) is 23.2. The minimum Gasteiger partial charge on any atom is -0.504 e. The number of phenols is 1. The van der Waals surface area contributed by atoms with E-state index in [4.69, 9.17) is 14.2 Å². The molecule has 276 valence electrons. The number of carbonyl (C=O) groups is 2. The number of allylic oxidation sites excluding steroid dienone is 2. The van der Waals surface area contributed by atoms with Crippen molar-refractivity contribution in [1.29, 1.82) is 0 Å². The first kappa shape index (κ1) is 37.1. The monoisotopic (exact) mass is 699 g/mol. The first-order valence-electron chi connectivity index (χ1n) is 19.6. The Bertz CT molecular complexity index is 1570. The van der Waals surface area contributed by atoms with E-state index >= 15 is 0 Å². The minimum atomic E-state index is -1.25. The zero-order chi connectivity index (χ0) is 35.8. The molecule has 8 nitrogen and oxygen atoms in total. The van der Waals surface area contributed by atoms with Crippen molar-refractivity contribution in [2.45, 2.75) is 145 Å². The van der Waals surface area contributed by atoms with Crippen molar-refractivity contribution in [2.24, 2.45) is 0 Å². The molecule has 2 aromatic rings. The molecule has 1 spiro atoms. The number of phenolic OH excluding ortho intramolecular Hbond substituents is 1. The van der Waals surface area contributed by atoms with Crippen LogP contribution in [0.3, 0.4) is 0 Å². The Morgan fingerprint density at radius 1 is 0.961 bits per heavy atom. The van der Waals surface area contributed by atoms with E-state index in [-0.39, 0.29) is 30.4 Å². The number of likely N-dealkylation sites (N-methyl/N-ethyl adjacent to an activating group) is 1. The van der Waals surface area contributed by atoms with Gasteiger partial charge in [0.15, 0.2) is 17.6 Å². The molecule has 0 aromatic heterocycles. The second-order valence-corrected chi connectivity index (χ2v) is 15.1. The van der Waals surface area contributed by atoms with Crippen LogP contribution in [0.1, 0.15) is 132 Å². The van der Waals surface area contributed by atoms with Crippen LogP contribution in [0.4, 0.5) is 0 Å². The number of hydrogen-bond donors (Lipinski definition) is 2. The Morgan fingerprint density at radius 2 is 1.65 bits per heavy atom. The lowest BCUT2D eigenvalue weighted by Crippen LogP contribution is -2.74. The second kappa shape index (κ2) is 16.8. The van der Waals surface area contributed by atoms with E-state index in [1.807, 2.05) is 19.2 Å². The molecule has 1 saturated heterocycles. The Morgan fingerprint density at radius 3 is 2.37 bits per heavy atom. The molecule has 2 aromatic carbocycles. The molecule has 2 aliphatic carbocycles. The predicted molar refractivity (Wildman–Crippen MR) is 197 cm³/mol. The Kier molecular flexibility index (Phi) is 12.2. The van der Waals surface area contributed by atoms with E-state index in [0.29, 0.717) is 30.6 Å². The van der Waals surface area contributed by atoms with Crippen LogP contribution in [-0.4, -0.2) is 58.4 Å². The summed E-state index contributed by atoms with van der Waals surface area (Å²) in [6.07, 6.45) is 21.3. The molecule has 51 heavy (non-hydrogen) atoms. The number of benzene rings is 2. The van der Waals surface area contributed by atoms with Crippen LogP contribution in [0, 0.1) is 0 Å². The number of hydrogen-bond acceptors (Lipinski definition) is 8. The highest BCUT2D eigenvalue weighted by Crippen LogP contribution is 2.65. The highest BCUT2D eigenvalue weighted by Gasteiger charge is 2.72. The Labute approximate surface area is 303 Å². The molecule has 0 saturated carbocycles. The number of unbranched alkanes of at least 4 members (excludes halogenated alkanes) is 11. The Balaban J connectivity index is 1.02. The van der Waals surface area contributed by atoms with Crippen molar-refractivity contribution in [2.75, 3.05) is 13.6 Å². The lowest BCUT2D eigenvalue weighted by atomic mass is 9.50. The van der Waals surface area contributed by atoms with Gasteiger partial charge in [-0.25, -0.2) is 4.79 Å². The molecule has 2 unspecified atom stereocenters. The van der Waals surface area contributed by atoms with Gasteiger partial charge in [0.05, 0.1) is 11.0 Å². The maximum Gasteiger partial charge on any atom is 0.357 e.